The van der Waals surface area contributed by atoms with Crippen LogP contribution in [-0.4, -0.2) is 55.1 Å². The zero-order valence-corrected chi connectivity index (χ0v) is 13.1. The first-order valence-corrected chi connectivity index (χ1v) is 7.70. The van der Waals surface area contributed by atoms with Gasteiger partial charge >= 0.3 is 5.97 Å². The molecule has 6 heteroatoms. The number of nitrogens with zero attached hydrogens (tertiary/aromatic N) is 1. The molecule has 2 rings (SSSR count). The van der Waals surface area contributed by atoms with Gasteiger partial charge in [0.05, 0.1) is 18.0 Å². The van der Waals surface area contributed by atoms with Crippen LogP contribution in [0.15, 0.2) is 0 Å². The highest BCUT2D eigenvalue weighted by Crippen LogP contribution is 2.35. The smallest absolute Gasteiger partial charge is 0.311 e. The Balaban J connectivity index is 1.96. The fraction of sp³-hybridized carbons (Fsp3) is 0.933. The van der Waals surface area contributed by atoms with Gasteiger partial charge in [-0.15, -0.1) is 0 Å². The Bertz CT molecular complexity index is 376. The van der Waals surface area contributed by atoms with E-state index in [1.54, 1.807) is 20.8 Å². The largest absolute Gasteiger partial charge is 0.464 e. The second kappa shape index (κ2) is 6.16. The quantitative estimate of drug-likeness (QED) is 0.810. The van der Waals surface area contributed by atoms with Gasteiger partial charge in [-0.2, -0.15) is 0 Å². The number of esters is 1. The molecule has 0 unspecified atom stereocenters. The highest BCUT2D eigenvalue weighted by atomic mass is 19.3. The molecular weight excluding hydrogens is 278 g/mol. The number of alkyl halides is 2. The van der Waals surface area contributed by atoms with Crippen LogP contribution in [0.1, 0.15) is 40.0 Å². The van der Waals surface area contributed by atoms with E-state index in [0.717, 1.165) is 25.9 Å². The van der Waals surface area contributed by atoms with Gasteiger partial charge in [-0.3, -0.25) is 9.69 Å². The molecule has 0 aliphatic carbocycles. The Morgan fingerprint density at radius 3 is 2.52 bits per heavy atom. The average Bonchev–Trinajstić information content (AvgIpc) is 2.71. The van der Waals surface area contributed by atoms with Gasteiger partial charge in [0, 0.05) is 12.5 Å². The zero-order valence-electron chi connectivity index (χ0n) is 13.1. The number of nitrogens with one attached hydrogen (secondary N) is 1. The minimum absolute atomic E-state index is 0.0651. The Kier molecular flexibility index (Phi) is 4.88. The minimum Gasteiger partial charge on any atom is -0.464 e. The summed E-state index contributed by atoms with van der Waals surface area (Å²) in [7, 11) is 0. The number of carbonyl (C=O) groups excluding carboxylic acids is 1. The van der Waals surface area contributed by atoms with Gasteiger partial charge in [-0.25, -0.2) is 8.78 Å². The fourth-order valence-corrected chi connectivity index (χ4v) is 3.03. The summed E-state index contributed by atoms with van der Waals surface area (Å²) in [5.74, 6) is -3.01. The molecule has 0 saturated carbocycles. The molecule has 2 saturated heterocycles. The van der Waals surface area contributed by atoms with Crippen LogP contribution in [0.5, 0.6) is 0 Å². The van der Waals surface area contributed by atoms with Crippen LogP contribution >= 0.6 is 0 Å². The van der Waals surface area contributed by atoms with Crippen molar-refractivity contribution in [2.75, 3.05) is 26.2 Å². The highest BCUT2D eigenvalue weighted by molar-refractivity contribution is 5.75. The third kappa shape index (κ3) is 4.36. The topological polar surface area (TPSA) is 41.6 Å². The summed E-state index contributed by atoms with van der Waals surface area (Å²) in [6, 6.07) is -0.202. The number of hydrogen-bond donors (Lipinski definition) is 1. The number of hydrogen-bond acceptors (Lipinski definition) is 4. The molecule has 2 heterocycles. The average molecular weight is 304 g/mol. The maximum Gasteiger partial charge on any atom is 0.311 e. The molecule has 2 aliphatic heterocycles. The van der Waals surface area contributed by atoms with Gasteiger partial charge in [0.2, 0.25) is 0 Å². The van der Waals surface area contributed by atoms with Crippen LogP contribution in [0.4, 0.5) is 8.78 Å². The van der Waals surface area contributed by atoms with Crippen molar-refractivity contribution in [2.45, 2.75) is 58.0 Å². The molecule has 2 fully saturated rings. The molecule has 122 valence electrons. The first-order valence-electron chi connectivity index (χ1n) is 7.70. The van der Waals surface area contributed by atoms with Crippen molar-refractivity contribution < 1.29 is 18.3 Å². The number of piperidine rings is 1. The van der Waals surface area contributed by atoms with Crippen molar-refractivity contribution in [1.29, 1.82) is 0 Å². The predicted molar refractivity (Wildman–Crippen MR) is 76.4 cm³/mol. The molecule has 2 aliphatic rings. The first kappa shape index (κ1) is 16.6. The molecule has 1 atom stereocenters. The van der Waals surface area contributed by atoms with Gasteiger partial charge in [0.25, 0.3) is 5.92 Å². The molecule has 0 radical (unpaired) electrons. The molecule has 1 N–H and O–H groups in total. The van der Waals surface area contributed by atoms with E-state index < -0.39 is 11.3 Å². The maximum absolute atomic E-state index is 13.8. The number of carbonyl (C=O) groups is 1. The second-order valence-electron chi connectivity index (χ2n) is 7.22. The van der Waals surface area contributed by atoms with Crippen molar-refractivity contribution in [3.8, 4) is 0 Å². The summed E-state index contributed by atoms with van der Waals surface area (Å²) in [5, 5.41) is 3.24. The fourth-order valence-electron chi connectivity index (χ4n) is 3.03. The van der Waals surface area contributed by atoms with Gasteiger partial charge in [-0.05, 0) is 46.7 Å². The summed E-state index contributed by atoms with van der Waals surface area (Å²) in [6.45, 7) is 6.88. The van der Waals surface area contributed by atoms with Gasteiger partial charge in [-0.1, -0.05) is 0 Å². The van der Waals surface area contributed by atoms with Gasteiger partial charge < -0.3 is 10.1 Å². The third-order valence-corrected chi connectivity index (χ3v) is 4.21. The lowest BCUT2D eigenvalue weighted by atomic mass is 9.97. The number of ether oxygens (including phenoxy) is 1. The molecule has 0 aromatic rings. The lowest BCUT2D eigenvalue weighted by Gasteiger charge is -2.35. The Labute approximate surface area is 125 Å². The molecule has 21 heavy (non-hydrogen) atoms. The zero-order chi connectivity index (χ0) is 15.7. The summed E-state index contributed by atoms with van der Waals surface area (Å²) < 4.78 is 32.8. The first-order chi connectivity index (χ1) is 9.69. The molecular formula is C15H26F2N2O2. The van der Waals surface area contributed by atoms with Crippen LogP contribution in [0, 0.1) is 5.41 Å². The van der Waals surface area contributed by atoms with Crippen LogP contribution < -0.4 is 5.32 Å². The van der Waals surface area contributed by atoms with E-state index in [4.69, 9.17) is 4.74 Å². The van der Waals surface area contributed by atoms with E-state index in [0.29, 0.717) is 0 Å². The van der Waals surface area contributed by atoms with Crippen molar-refractivity contribution in [2.24, 2.45) is 5.41 Å². The second-order valence-corrected chi connectivity index (χ2v) is 7.22. The van der Waals surface area contributed by atoms with Crippen molar-refractivity contribution in [3.63, 3.8) is 0 Å². The molecule has 0 aromatic carbocycles. The summed E-state index contributed by atoms with van der Waals surface area (Å²) in [6.07, 6.45) is 1.54. The van der Waals surface area contributed by atoms with Crippen molar-refractivity contribution in [3.05, 3.63) is 0 Å². The molecule has 0 amide bonds. The normalized spacial score (nSPS) is 27.8. The Morgan fingerprint density at radius 1 is 1.33 bits per heavy atom. The van der Waals surface area contributed by atoms with Crippen LogP contribution in [-0.2, 0) is 9.53 Å². The van der Waals surface area contributed by atoms with E-state index in [-0.39, 0.29) is 37.6 Å². The Morgan fingerprint density at radius 2 is 1.95 bits per heavy atom. The van der Waals surface area contributed by atoms with E-state index in [9.17, 15) is 13.6 Å². The third-order valence-electron chi connectivity index (χ3n) is 4.21. The van der Waals surface area contributed by atoms with Crippen molar-refractivity contribution >= 4 is 5.97 Å². The number of likely N-dealkylation sites (tertiary alicyclic amines) is 1. The summed E-state index contributed by atoms with van der Waals surface area (Å²) >= 11 is 0. The monoisotopic (exact) mass is 304 g/mol. The molecule has 0 spiro atoms. The van der Waals surface area contributed by atoms with E-state index in [1.807, 2.05) is 4.90 Å². The highest BCUT2D eigenvalue weighted by Gasteiger charge is 2.47. The van der Waals surface area contributed by atoms with E-state index >= 15 is 0 Å². The van der Waals surface area contributed by atoms with Crippen molar-refractivity contribution in [1.82, 2.24) is 10.2 Å². The molecule has 0 aromatic heterocycles. The molecule has 0 bridgehead atoms. The maximum atomic E-state index is 13.8. The summed E-state index contributed by atoms with van der Waals surface area (Å²) in [5.41, 5.74) is -0.597. The van der Waals surface area contributed by atoms with Crippen LogP contribution in [0.3, 0.4) is 0 Å². The lowest BCUT2D eigenvalue weighted by molar-refractivity contribution is -0.154. The minimum atomic E-state index is -2.68. The van der Waals surface area contributed by atoms with Gasteiger partial charge in [0.1, 0.15) is 6.61 Å². The molecule has 4 nitrogen and oxygen atoms in total. The Hall–Kier alpha value is -0.750. The standard InChI is InChI=1S/C15H26F2N2O2/c1-14(2,3)13(20)21-9-12-8-15(16,17)10-19(12)11-4-6-18-7-5-11/h11-12,18H,4-10H2,1-3H3/t12-/m1/s1. The van der Waals surface area contributed by atoms with Gasteiger partial charge in [0.15, 0.2) is 0 Å². The van der Waals surface area contributed by atoms with E-state index in [1.165, 1.54) is 0 Å². The van der Waals surface area contributed by atoms with E-state index in [2.05, 4.69) is 5.32 Å². The van der Waals surface area contributed by atoms with Crippen LogP contribution in [0.2, 0.25) is 0 Å². The predicted octanol–water partition coefficient (Wildman–Crippen LogP) is 2.04. The number of rotatable bonds is 3. The lowest BCUT2D eigenvalue weighted by Crippen LogP contribution is -2.47. The number of halogens is 2. The SMILES string of the molecule is CC(C)(C)C(=O)OC[C@H]1CC(F)(F)CN1C1CCNCC1. The van der Waals surface area contributed by atoms with Crippen LogP contribution in [0.25, 0.3) is 0 Å². The summed E-state index contributed by atoms with van der Waals surface area (Å²) in [4.78, 5) is 13.7.